The summed E-state index contributed by atoms with van der Waals surface area (Å²) in [6, 6.07) is 5.09. The summed E-state index contributed by atoms with van der Waals surface area (Å²) in [4.78, 5) is 26.4. The largest absolute Gasteiger partial charge is 0.465 e. The normalized spacial score (nSPS) is 16.3. The van der Waals surface area contributed by atoms with Crippen LogP contribution in [0.2, 0.25) is 10.0 Å². The second-order valence-corrected chi connectivity index (χ2v) is 5.89. The molecule has 0 fully saturated rings. The van der Waals surface area contributed by atoms with Gasteiger partial charge in [-0.15, -0.1) is 0 Å². The highest BCUT2D eigenvalue weighted by Crippen LogP contribution is 2.34. The van der Waals surface area contributed by atoms with Crippen LogP contribution in [-0.2, 0) is 19.1 Å². The average molecular weight is 370 g/mol. The quantitative estimate of drug-likeness (QED) is 0.590. The first-order valence-corrected chi connectivity index (χ1v) is 7.94. The molecule has 0 aliphatic carbocycles. The number of amides is 1. The van der Waals surface area contributed by atoms with Crippen molar-refractivity contribution in [1.82, 2.24) is 4.90 Å². The number of rotatable bonds is 5. The third kappa shape index (κ3) is 3.48. The molecule has 0 bridgehead atoms. The van der Waals surface area contributed by atoms with Crippen molar-refractivity contribution in [2.75, 3.05) is 27.4 Å². The Morgan fingerprint density at radius 3 is 2.62 bits per heavy atom. The summed E-state index contributed by atoms with van der Waals surface area (Å²) < 4.78 is 9.84. The lowest BCUT2D eigenvalue weighted by atomic mass is 10.0. The highest BCUT2D eigenvalue weighted by molar-refractivity contribution is 6.43. The Morgan fingerprint density at radius 1 is 1.29 bits per heavy atom. The molecule has 1 aromatic rings. The summed E-state index contributed by atoms with van der Waals surface area (Å²) >= 11 is 12.2. The average Bonchev–Trinajstić information content (AvgIpc) is 2.80. The van der Waals surface area contributed by atoms with E-state index in [-0.39, 0.29) is 17.1 Å². The number of methoxy groups -OCH3 is 2. The highest BCUT2D eigenvalue weighted by atomic mass is 35.5. The summed E-state index contributed by atoms with van der Waals surface area (Å²) in [7, 11) is 2.82. The van der Waals surface area contributed by atoms with E-state index in [1.807, 2.05) is 0 Å². The molecular formula is C17H17Cl2NO4. The van der Waals surface area contributed by atoms with Gasteiger partial charge in [0.2, 0.25) is 0 Å². The van der Waals surface area contributed by atoms with Gasteiger partial charge in [0.05, 0.1) is 34.9 Å². The molecule has 2 rings (SSSR count). The van der Waals surface area contributed by atoms with Gasteiger partial charge >= 0.3 is 5.97 Å². The zero-order valence-corrected chi connectivity index (χ0v) is 15.1. The first-order valence-electron chi connectivity index (χ1n) is 7.18. The number of halogens is 2. The molecule has 128 valence electrons. The van der Waals surface area contributed by atoms with E-state index in [1.165, 1.54) is 12.0 Å². The summed E-state index contributed by atoms with van der Waals surface area (Å²) in [6.07, 6.45) is 1.55. The number of esters is 1. The van der Waals surface area contributed by atoms with Gasteiger partial charge in [-0.2, -0.15) is 0 Å². The standard InChI is InChI=1S/C17H17Cl2NO4/c1-10-14(17(22)24-3)12(16(21)20(10)7-8-23-2)9-11-5-4-6-13(18)15(11)19/h4-6,9H,7-8H2,1-3H3. The van der Waals surface area contributed by atoms with Crippen LogP contribution in [0.25, 0.3) is 6.08 Å². The number of carbonyl (C=O) groups is 2. The molecule has 1 aliphatic heterocycles. The molecule has 0 saturated carbocycles. The molecule has 0 N–H and O–H groups in total. The van der Waals surface area contributed by atoms with Gasteiger partial charge in [-0.1, -0.05) is 35.3 Å². The Kier molecular flexibility index (Phi) is 6.04. The Labute approximate surface area is 150 Å². The van der Waals surface area contributed by atoms with Crippen LogP contribution >= 0.6 is 23.2 Å². The van der Waals surface area contributed by atoms with Gasteiger partial charge < -0.3 is 14.4 Å². The van der Waals surface area contributed by atoms with Crippen molar-refractivity contribution < 1.29 is 19.1 Å². The molecule has 1 aromatic carbocycles. The molecule has 7 heteroatoms. The van der Waals surface area contributed by atoms with Crippen LogP contribution in [0.15, 0.2) is 35.0 Å². The molecule has 24 heavy (non-hydrogen) atoms. The Bertz CT molecular complexity index is 740. The van der Waals surface area contributed by atoms with E-state index in [0.29, 0.717) is 34.5 Å². The van der Waals surface area contributed by atoms with E-state index >= 15 is 0 Å². The summed E-state index contributed by atoms with van der Waals surface area (Å²) in [5, 5.41) is 0.685. The molecule has 1 amide bonds. The Hall–Kier alpha value is -1.82. The van der Waals surface area contributed by atoms with E-state index in [2.05, 4.69) is 0 Å². The highest BCUT2D eigenvalue weighted by Gasteiger charge is 2.36. The lowest BCUT2D eigenvalue weighted by Gasteiger charge is -2.16. The minimum atomic E-state index is -0.579. The summed E-state index contributed by atoms with van der Waals surface area (Å²) in [6.45, 7) is 2.38. The number of nitrogens with zero attached hydrogens (tertiary/aromatic N) is 1. The third-order valence-electron chi connectivity index (χ3n) is 3.70. The third-order valence-corrected chi connectivity index (χ3v) is 4.53. The molecular weight excluding hydrogens is 353 g/mol. The van der Waals surface area contributed by atoms with Crippen molar-refractivity contribution in [3.05, 3.63) is 50.7 Å². The van der Waals surface area contributed by atoms with Crippen molar-refractivity contribution in [2.45, 2.75) is 6.92 Å². The lowest BCUT2D eigenvalue weighted by Crippen LogP contribution is -2.28. The number of hydrogen-bond acceptors (Lipinski definition) is 4. The first-order chi connectivity index (χ1) is 11.4. The minimum Gasteiger partial charge on any atom is -0.465 e. The monoisotopic (exact) mass is 369 g/mol. The van der Waals surface area contributed by atoms with Crippen LogP contribution in [0.5, 0.6) is 0 Å². The van der Waals surface area contributed by atoms with Crippen LogP contribution in [-0.4, -0.2) is 44.1 Å². The number of hydrogen-bond donors (Lipinski definition) is 0. The van der Waals surface area contributed by atoms with Crippen molar-refractivity contribution >= 4 is 41.2 Å². The van der Waals surface area contributed by atoms with Crippen LogP contribution < -0.4 is 0 Å². The van der Waals surface area contributed by atoms with E-state index < -0.39 is 5.97 Å². The molecule has 0 radical (unpaired) electrons. The van der Waals surface area contributed by atoms with Crippen molar-refractivity contribution in [1.29, 1.82) is 0 Å². The van der Waals surface area contributed by atoms with Gasteiger partial charge in [0.15, 0.2) is 0 Å². The predicted octanol–water partition coefficient (Wildman–Crippen LogP) is 3.31. The van der Waals surface area contributed by atoms with Gasteiger partial charge in [-0.25, -0.2) is 4.79 Å². The molecule has 0 saturated heterocycles. The topological polar surface area (TPSA) is 55.8 Å². The molecule has 5 nitrogen and oxygen atoms in total. The fraction of sp³-hybridized carbons (Fsp3) is 0.294. The number of benzene rings is 1. The molecule has 0 atom stereocenters. The first kappa shape index (κ1) is 18.5. The number of carbonyl (C=O) groups excluding carboxylic acids is 2. The number of ether oxygens (including phenoxy) is 2. The summed E-state index contributed by atoms with van der Waals surface area (Å²) in [5.74, 6) is -0.883. The van der Waals surface area contributed by atoms with Crippen LogP contribution in [0.1, 0.15) is 12.5 Å². The van der Waals surface area contributed by atoms with Crippen molar-refractivity contribution in [3.8, 4) is 0 Å². The second kappa shape index (κ2) is 7.83. The fourth-order valence-corrected chi connectivity index (χ4v) is 2.83. The zero-order valence-electron chi connectivity index (χ0n) is 13.6. The number of allylic oxidation sites excluding steroid dienone is 1. The van der Waals surface area contributed by atoms with Crippen LogP contribution in [0.4, 0.5) is 0 Å². The van der Waals surface area contributed by atoms with Crippen molar-refractivity contribution in [2.24, 2.45) is 0 Å². The maximum Gasteiger partial charge on any atom is 0.340 e. The molecule has 0 spiro atoms. The summed E-state index contributed by atoms with van der Waals surface area (Å²) in [5.41, 5.74) is 1.51. The SMILES string of the molecule is COCCN1C(=O)C(=Cc2cccc(Cl)c2Cl)C(C(=O)OC)=C1C. The Balaban J connectivity index is 2.54. The van der Waals surface area contributed by atoms with E-state index in [9.17, 15) is 9.59 Å². The maximum absolute atomic E-state index is 12.7. The van der Waals surface area contributed by atoms with Gasteiger partial charge in [0.1, 0.15) is 0 Å². The molecule has 0 unspecified atom stereocenters. The molecule has 1 heterocycles. The Morgan fingerprint density at radius 2 is 2.00 bits per heavy atom. The van der Waals surface area contributed by atoms with E-state index in [4.69, 9.17) is 32.7 Å². The van der Waals surface area contributed by atoms with Gasteiger partial charge in [0.25, 0.3) is 5.91 Å². The van der Waals surface area contributed by atoms with Gasteiger partial charge in [-0.05, 0) is 24.6 Å². The van der Waals surface area contributed by atoms with E-state index in [1.54, 1.807) is 38.3 Å². The molecule has 0 aromatic heterocycles. The predicted molar refractivity (Wildman–Crippen MR) is 92.7 cm³/mol. The lowest BCUT2D eigenvalue weighted by molar-refractivity contribution is -0.136. The van der Waals surface area contributed by atoms with Crippen LogP contribution in [0.3, 0.4) is 0 Å². The molecule has 1 aliphatic rings. The van der Waals surface area contributed by atoms with Gasteiger partial charge in [-0.3, -0.25) is 4.79 Å². The van der Waals surface area contributed by atoms with Crippen molar-refractivity contribution in [3.63, 3.8) is 0 Å². The van der Waals surface area contributed by atoms with Gasteiger partial charge in [0, 0.05) is 19.4 Å². The van der Waals surface area contributed by atoms with Crippen LogP contribution in [0, 0.1) is 0 Å². The van der Waals surface area contributed by atoms with E-state index in [0.717, 1.165) is 0 Å². The smallest absolute Gasteiger partial charge is 0.340 e. The minimum absolute atomic E-state index is 0.217. The maximum atomic E-state index is 12.7. The zero-order chi connectivity index (χ0) is 17.9. The fourth-order valence-electron chi connectivity index (χ4n) is 2.47. The second-order valence-electron chi connectivity index (χ2n) is 5.10.